The lowest BCUT2D eigenvalue weighted by molar-refractivity contribution is 0.0602. The van der Waals surface area contributed by atoms with Gasteiger partial charge in [-0.25, -0.2) is 18.2 Å². The number of aryl methyl sites for hydroxylation is 1. The lowest BCUT2D eigenvalue weighted by Crippen LogP contribution is -2.17. The van der Waals surface area contributed by atoms with Gasteiger partial charge in [0.15, 0.2) is 5.82 Å². The number of rotatable bonds is 4. The van der Waals surface area contributed by atoms with Gasteiger partial charge in [0.05, 0.1) is 13.3 Å². The fraction of sp³-hybridized carbons (Fsp3) is 0.182. The first-order valence-electron chi connectivity index (χ1n) is 5.41. The molecule has 0 unspecified atom stereocenters. The van der Waals surface area contributed by atoms with E-state index >= 15 is 0 Å². The number of carbonyl (C=O) groups is 1. The largest absolute Gasteiger partial charge is 0.465 e. The molecule has 0 bridgehead atoms. The zero-order valence-corrected chi connectivity index (χ0v) is 12.3. The molecule has 0 aromatic carbocycles. The normalized spacial score (nSPS) is 11.1. The van der Waals surface area contributed by atoms with Crippen molar-refractivity contribution in [3.05, 3.63) is 34.4 Å². The summed E-state index contributed by atoms with van der Waals surface area (Å²) in [6.45, 7) is 1.61. The third-order valence-electron chi connectivity index (χ3n) is 2.36. The minimum atomic E-state index is -3.93. The summed E-state index contributed by atoms with van der Waals surface area (Å²) in [7, 11) is -2.73. The first kappa shape index (κ1) is 14.4. The van der Waals surface area contributed by atoms with Crippen molar-refractivity contribution in [2.45, 2.75) is 11.8 Å². The van der Waals surface area contributed by atoms with Gasteiger partial charge in [-0.1, -0.05) is 0 Å². The Bertz CT molecular complexity index is 725. The third kappa shape index (κ3) is 2.78. The van der Waals surface area contributed by atoms with Crippen LogP contribution in [0.25, 0.3) is 0 Å². The van der Waals surface area contributed by atoms with Gasteiger partial charge in [0.1, 0.15) is 9.77 Å². The number of nitrogens with zero attached hydrogens (tertiary/aromatic N) is 2. The maximum atomic E-state index is 12.3. The zero-order valence-electron chi connectivity index (χ0n) is 10.7. The molecule has 0 saturated heterocycles. The Kier molecular flexibility index (Phi) is 4.00. The number of esters is 1. The van der Waals surface area contributed by atoms with E-state index in [-0.39, 0.29) is 15.6 Å². The van der Waals surface area contributed by atoms with Crippen molar-refractivity contribution in [2.24, 2.45) is 0 Å². The molecular weight excluding hydrogens is 302 g/mol. The minimum absolute atomic E-state index is 0.0291. The van der Waals surface area contributed by atoms with Crippen molar-refractivity contribution in [1.82, 2.24) is 9.97 Å². The summed E-state index contributed by atoms with van der Waals surface area (Å²) in [4.78, 5) is 19.1. The van der Waals surface area contributed by atoms with Crippen LogP contribution in [0, 0.1) is 6.92 Å². The molecule has 1 N–H and O–H groups in total. The van der Waals surface area contributed by atoms with Gasteiger partial charge < -0.3 is 4.74 Å². The van der Waals surface area contributed by atoms with Crippen molar-refractivity contribution in [3.63, 3.8) is 0 Å². The van der Waals surface area contributed by atoms with Gasteiger partial charge in [-0.2, -0.15) is 0 Å². The lowest BCUT2D eigenvalue weighted by atomic mass is 10.3. The van der Waals surface area contributed by atoms with Crippen LogP contribution in [-0.4, -0.2) is 31.5 Å². The molecule has 0 aliphatic rings. The first-order chi connectivity index (χ1) is 9.45. The number of sulfonamides is 1. The molecule has 0 radical (unpaired) electrons. The standard InChI is InChI=1S/C11H11N3O4S2/c1-7-6-19-9(11(15)18-2)10(7)20(16,17)14-8-5-12-3-4-13-8/h3-6H,1-2H3,(H,13,14). The average molecular weight is 313 g/mol. The number of nitrogens with one attached hydrogen (secondary N) is 1. The van der Waals surface area contributed by atoms with Crippen molar-refractivity contribution in [1.29, 1.82) is 0 Å². The molecular formula is C11H11N3O4S2. The van der Waals surface area contributed by atoms with Crippen LogP contribution in [0.3, 0.4) is 0 Å². The Morgan fingerprint density at radius 2 is 2.15 bits per heavy atom. The van der Waals surface area contributed by atoms with Gasteiger partial charge in [0, 0.05) is 12.4 Å². The maximum Gasteiger partial charge on any atom is 0.349 e. The van der Waals surface area contributed by atoms with Gasteiger partial charge in [0.2, 0.25) is 0 Å². The number of ether oxygens (including phenoxy) is 1. The molecule has 106 valence electrons. The summed E-state index contributed by atoms with van der Waals surface area (Å²) in [5, 5.41) is 1.58. The molecule has 0 amide bonds. The van der Waals surface area contributed by atoms with Crippen LogP contribution in [0.15, 0.2) is 28.9 Å². The van der Waals surface area contributed by atoms with E-state index in [2.05, 4.69) is 19.4 Å². The topological polar surface area (TPSA) is 98.2 Å². The van der Waals surface area contributed by atoms with E-state index in [9.17, 15) is 13.2 Å². The molecule has 2 rings (SSSR count). The summed E-state index contributed by atoms with van der Waals surface area (Å²) in [5.41, 5.74) is 0.465. The number of anilines is 1. The molecule has 0 spiro atoms. The quantitative estimate of drug-likeness (QED) is 0.857. The molecule has 2 aromatic rings. The molecule has 0 atom stereocenters. The Morgan fingerprint density at radius 1 is 1.40 bits per heavy atom. The lowest BCUT2D eigenvalue weighted by Gasteiger charge is -2.08. The molecule has 9 heteroatoms. The summed E-state index contributed by atoms with van der Waals surface area (Å²) in [5.74, 6) is -0.614. The van der Waals surface area contributed by atoms with Crippen LogP contribution in [-0.2, 0) is 14.8 Å². The van der Waals surface area contributed by atoms with E-state index in [0.29, 0.717) is 5.56 Å². The van der Waals surface area contributed by atoms with E-state index < -0.39 is 16.0 Å². The number of aromatic nitrogens is 2. The van der Waals surface area contributed by atoms with Crippen molar-refractivity contribution in [2.75, 3.05) is 11.8 Å². The SMILES string of the molecule is COC(=O)c1scc(C)c1S(=O)(=O)Nc1cnccn1. The molecule has 0 aliphatic heterocycles. The Morgan fingerprint density at radius 3 is 2.75 bits per heavy atom. The van der Waals surface area contributed by atoms with Crippen LogP contribution < -0.4 is 4.72 Å². The Labute approximate surface area is 119 Å². The fourth-order valence-corrected chi connectivity index (χ4v) is 4.24. The number of hydrogen-bond donors (Lipinski definition) is 1. The van der Waals surface area contributed by atoms with Crippen molar-refractivity contribution in [3.8, 4) is 0 Å². The van der Waals surface area contributed by atoms with Crippen LogP contribution in [0.5, 0.6) is 0 Å². The van der Waals surface area contributed by atoms with Crippen LogP contribution in [0.4, 0.5) is 5.82 Å². The highest BCUT2D eigenvalue weighted by Crippen LogP contribution is 2.28. The van der Waals surface area contributed by atoms with E-state index in [0.717, 1.165) is 11.3 Å². The molecule has 7 nitrogen and oxygen atoms in total. The summed E-state index contributed by atoms with van der Waals surface area (Å²) < 4.78 is 31.6. The second-order valence-corrected chi connectivity index (χ2v) is 6.26. The highest BCUT2D eigenvalue weighted by atomic mass is 32.2. The molecule has 0 saturated carbocycles. The summed E-state index contributed by atoms with van der Waals surface area (Å²) >= 11 is 1.02. The Balaban J connectivity index is 2.45. The van der Waals surface area contributed by atoms with Gasteiger partial charge in [-0.05, 0) is 17.9 Å². The maximum absolute atomic E-state index is 12.3. The monoisotopic (exact) mass is 313 g/mol. The predicted octanol–water partition coefficient (Wildman–Crippen LogP) is 1.43. The van der Waals surface area contributed by atoms with Gasteiger partial charge in [-0.3, -0.25) is 9.71 Å². The second-order valence-electron chi connectivity index (χ2n) is 3.76. The summed E-state index contributed by atoms with van der Waals surface area (Å²) in [6, 6.07) is 0. The highest BCUT2D eigenvalue weighted by molar-refractivity contribution is 7.93. The molecule has 0 fully saturated rings. The zero-order chi connectivity index (χ0) is 14.8. The minimum Gasteiger partial charge on any atom is -0.465 e. The first-order valence-corrected chi connectivity index (χ1v) is 7.77. The number of carbonyl (C=O) groups excluding carboxylic acids is 1. The van der Waals surface area contributed by atoms with Crippen LogP contribution >= 0.6 is 11.3 Å². The average Bonchev–Trinajstić information content (AvgIpc) is 2.81. The molecule has 2 heterocycles. The summed E-state index contributed by atoms with van der Waals surface area (Å²) in [6.07, 6.45) is 4.06. The van der Waals surface area contributed by atoms with Gasteiger partial charge in [0.25, 0.3) is 10.0 Å². The van der Waals surface area contributed by atoms with Gasteiger partial charge >= 0.3 is 5.97 Å². The van der Waals surface area contributed by atoms with Crippen molar-refractivity contribution >= 4 is 33.1 Å². The number of methoxy groups -OCH3 is 1. The third-order valence-corrected chi connectivity index (χ3v) is 5.11. The predicted molar refractivity (Wildman–Crippen MR) is 73.2 cm³/mol. The second kappa shape index (κ2) is 5.55. The highest BCUT2D eigenvalue weighted by Gasteiger charge is 2.27. The van der Waals surface area contributed by atoms with E-state index in [1.54, 1.807) is 12.3 Å². The molecule has 2 aromatic heterocycles. The van der Waals surface area contributed by atoms with E-state index in [1.165, 1.54) is 25.7 Å². The number of thiophene rings is 1. The van der Waals surface area contributed by atoms with E-state index in [4.69, 9.17) is 0 Å². The fourth-order valence-electron chi connectivity index (χ4n) is 1.54. The smallest absolute Gasteiger partial charge is 0.349 e. The van der Waals surface area contributed by atoms with Crippen molar-refractivity contribution < 1.29 is 17.9 Å². The number of hydrogen-bond acceptors (Lipinski definition) is 7. The molecule has 20 heavy (non-hydrogen) atoms. The van der Waals surface area contributed by atoms with Gasteiger partial charge in [-0.15, -0.1) is 11.3 Å². The Hall–Kier alpha value is -2.00. The van der Waals surface area contributed by atoms with E-state index in [1.807, 2.05) is 0 Å². The van der Waals surface area contributed by atoms with Crippen LogP contribution in [0.2, 0.25) is 0 Å². The molecule has 0 aliphatic carbocycles. The van der Waals surface area contributed by atoms with Crippen LogP contribution in [0.1, 0.15) is 15.2 Å².